The smallest absolute Gasteiger partial charge is 0.307 e. The van der Waals surface area contributed by atoms with Crippen molar-refractivity contribution in [3.05, 3.63) is 24.3 Å². The molecule has 24 heavy (non-hydrogen) atoms. The summed E-state index contributed by atoms with van der Waals surface area (Å²) in [5.74, 6) is -1.82. The number of nitrogens with one attached hydrogen (secondary N) is 1. The van der Waals surface area contributed by atoms with Gasteiger partial charge in [-0.05, 0) is 42.5 Å². The molecule has 132 valence electrons. The Kier molecular flexibility index (Phi) is 4.49. The van der Waals surface area contributed by atoms with Crippen molar-refractivity contribution < 1.29 is 27.7 Å². The van der Waals surface area contributed by atoms with E-state index in [2.05, 4.69) is 5.32 Å². The number of carboxylic acid groups (broad SMARTS) is 1. The summed E-state index contributed by atoms with van der Waals surface area (Å²) >= 11 is 0. The normalized spacial score (nSPS) is 26.1. The number of benzene rings is 1. The molecule has 2 rings (SSSR count). The van der Waals surface area contributed by atoms with Crippen molar-refractivity contribution in [1.82, 2.24) is 0 Å². The lowest BCUT2D eigenvalue weighted by Gasteiger charge is -2.39. The Balaban J connectivity index is 2.22. The number of carboxylic acids is 1. The van der Waals surface area contributed by atoms with Gasteiger partial charge in [-0.15, -0.1) is 0 Å². The third-order valence-electron chi connectivity index (χ3n) is 5.44. The third kappa shape index (κ3) is 3.03. The van der Waals surface area contributed by atoms with Crippen LogP contribution in [0.1, 0.15) is 33.6 Å². The van der Waals surface area contributed by atoms with Gasteiger partial charge in [0, 0.05) is 5.69 Å². The zero-order valence-corrected chi connectivity index (χ0v) is 14.6. The SMILES string of the molecule is CC1(C)[C@@H](C(=O)O)CC[C@@]1(C)C(=O)Nc1ccc(S(=O)(=O)O)cc1. The topological polar surface area (TPSA) is 121 Å². The van der Waals surface area contributed by atoms with Crippen molar-refractivity contribution >= 4 is 27.7 Å². The minimum Gasteiger partial charge on any atom is -0.481 e. The van der Waals surface area contributed by atoms with E-state index in [1.165, 1.54) is 24.3 Å². The average molecular weight is 355 g/mol. The number of anilines is 1. The molecule has 2 atom stereocenters. The number of hydrogen-bond donors (Lipinski definition) is 3. The molecule has 7 nitrogen and oxygen atoms in total. The molecular formula is C16H21NO6S. The number of carbonyl (C=O) groups is 2. The van der Waals surface area contributed by atoms with E-state index in [4.69, 9.17) is 4.55 Å². The summed E-state index contributed by atoms with van der Waals surface area (Å²) in [6.07, 6.45) is 0.875. The van der Waals surface area contributed by atoms with Crippen LogP contribution in [0.2, 0.25) is 0 Å². The molecule has 1 aliphatic carbocycles. The molecular weight excluding hydrogens is 334 g/mol. The summed E-state index contributed by atoms with van der Waals surface area (Å²) in [6.45, 7) is 5.30. The number of carbonyl (C=O) groups excluding carboxylic acids is 1. The molecule has 0 bridgehead atoms. The Labute approximate surface area is 140 Å². The second-order valence-corrected chi connectivity index (χ2v) is 8.36. The van der Waals surface area contributed by atoms with Crippen molar-refractivity contribution in [2.75, 3.05) is 5.32 Å². The van der Waals surface area contributed by atoms with Crippen LogP contribution in [0.5, 0.6) is 0 Å². The van der Waals surface area contributed by atoms with E-state index < -0.39 is 32.8 Å². The standard InChI is InChI=1S/C16H21NO6S/c1-15(2)12(13(18)19)8-9-16(15,3)14(20)17-10-4-6-11(7-5-10)24(21,22)23/h4-7,12H,8-9H2,1-3H3,(H,17,20)(H,18,19)(H,21,22,23)/t12-,16+/m1/s1. The van der Waals surface area contributed by atoms with E-state index in [9.17, 15) is 23.1 Å². The van der Waals surface area contributed by atoms with Gasteiger partial charge in [-0.1, -0.05) is 20.8 Å². The molecule has 0 aliphatic heterocycles. The molecule has 0 heterocycles. The van der Waals surface area contributed by atoms with E-state index in [-0.39, 0.29) is 10.8 Å². The Bertz CT molecular complexity index is 768. The molecule has 1 saturated carbocycles. The van der Waals surface area contributed by atoms with Gasteiger partial charge in [0.05, 0.1) is 16.2 Å². The average Bonchev–Trinajstić information content (AvgIpc) is 2.70. The number of amides is 1. The van der Waals surface area contributed by atoms with Crippen molar-refractivity contribution in [2.24, 2.45) is 16.7 Å². The van der Waals surface area contributed by atoms with Crippen LogP contribution in [-0.2, 0) is 19.7 Å². The fourth-order valence-electron chi connectivity index (χ4n) is 3.32. The van der Waals surface area contributed by atoms with E-state index in [1.54, 1.807) is 20.8 Å². The van der Waals surface area contributed by atoms with Gasteiger partial charge in [0.25, 0.3) is 10.1 Å². The largest absolute Gasteiger partial charge is 0.481 e. The van der Waals surface area contributed by atoms with Crippen molar-refractivity contribution in [3.63, 3.8) is 0 Å². The number of hydrogen-bond acceptors (Lipinski definition) is 4. The highest BCUT2D eigenvalue weighted by Gasteiger charge is 2.58. The monoisotopic (exact) mass is 355 g/mol. The van der Waals surface area contributed by atoms with Gasteiger partial charge in [0.1, 0.15) is 0 Å². The zero-order valence-electron chi connectivity index (χ0n) is 13.7. The molecule has 0 unspecified atom stereocenters. The van der Waals surface area contributed by atoms with Gasteiger partial charge in [-0.3, -0.25) is 14.1 Å². The summed E-state index contributed by atoms with van der Waals surface area (Å²) in [4.78, 5) is 23.9. The summed E-state index contributed by atoms with van der Waals surface area (Å²) in [7, 11) is -4.29. The Morgan fingerprint density at radius 1 is 1.17 bits per heavy atom. The first-order valence-corrected chi connectivity index (χ1v) is 8.95. The highest BCUT2D eigenvalue weighted by atomic mass is 32.2. The highest BCUT2D eigenvalue weighted by molar-refractivity contribution is 7.85. The number of rotatable bonds is 4. The van der Waals surface area contributed by atoms with E-state index >= 15 is 0 Å². The van der Waals surface area contributed by atoms with Gasteiger partial charge in [0.15, 0.2) is 0 Å². The van der Waals surface area contributed by atoms with E-state index in [0.717, 1.165) is 0 Å². The molecule has 1 aliphatic rings. The molecule has 1 fully saturated rings. The minimum absolute atomic E-state index is 0.265. The summed E-state index contributed by atoms with van der Waals surface area (Å²) in [5, 5.41) is 12.1. The van der Waals surface area contributed by atoms with Crippen molar-refractivity contribution in [1.29, 1.82) is 0 Å². The van der Waals surface area contributed by atoms with Gasteiger partial charge in [-0.2, -0.15) is 8.42 Å². The number of aliphatic carboxylic acids is 1. The van der Waals surface area contributed by atoms with Crippen molar-refractivity contribution in [2.45, 2.75) is 38.5 Å². The zero-order chi connectivity index (χ0) is 18.3. The maximum Gasteiger partial charge on any atom is 0.307 e. The molecule has 0 radical (unpaired) electrons. The molecule has 3 N–H and O–H groups in total. The van der Waals surface area contributed by atoms with Crippen LogP contribution in [0.15, 0.2) is 29.2 Å². The molecule has 1 aromatic carbocycles. The first kappa shape index (κ1) is 18.4. The molecule has 0 saturated heterocycles. The van der Waals surface area contributed by atoms with Crippen LogP contribution < -0.4 is 5.32 Å². The van der Waals surface area contributed by atoms with Gasteiger partial charge >= 0.3 is 5.97 Å². The summed E-state index contributed by atoms with van der Waals surface area (Å²) in [5.41, 5.74) is -1.21. The Hall–Kier alpha value is -1.93. The predicted molar refractivity (Wildman–Crippen MR) is 87.1 cm³/mol. The predicted octanol–water partition coefficient (Wildman–Crippen LogP) is 2.40. The van der Waals surface area contributed by atoms with Crippen LogP contribution in [0.25, 0.3) is 0 Å². The van der Waals surface area contributed by atoms with E-state index in [1.807, 2.05) is 0 Å². The first-order chi connectivity index (χ1) is 10.9. The minimum atomic E-state index is -4.29. The lowest BCUT2D eigenvalue weighted by molar-refractivity contribution is -0.147. The van der Waals surface area contributed by atoms with Crippen LogP contribution >= 0.6 is 0 Å². The summed E-state index contributed by atoms with van der Waals surface area (Å²) < 4.78 is 31.0. The second kappa shape index (κ2) is 5.86. The molecule has 1 amide bonds. The molecule has 0 aromatic heterocycles. The van der Waals surface area contributed by atoms with Crippen LogP contribution in [0, 0.1) is 16.7 Å². The molecule has 8 heteroatoms. The summed E-state index contributed by atoms with van der Waals surface area (Å²) in [6, 6.07) is 5.13. The van der Waals surface area contributed by atoms with Crippen LogP contribution in [0.3, 0.4) is 0 Å². The Morgan fingerprint density at radius 3 is 2.12 bits per heavy atom. The molecule has 1 aromatic rings. The fraction of sp³-hybridized carbons (Fsp3) is 0.500. The quantitative estimate of drug-likeness (QED) is 0.713. The lowest BCUT2D eigenvalue weighted by Crippen LogP contribution is -2.45. The second-order valence-electron chi connectivity index (χ2n) is 6.94. The van der Waals surface area contributed by atoms with E-state index in [0.29, 0.717) is 18.5 Å². The maximum atomic E-state index is 12.7. The fourth-order valence-corrected chi connectivity index (χ4v) is 3.80. The van der Waals surface area contributed by atoms with Gasteiger partial charge in [-0.25, -0.2) is 0 Å². The lowest BCUT2D eigenvalue weighted by atomic mass is 9.65. The van der Waals surface area contributed by atoms with Gasteiger partial charge in [0.2, 0.25) is 5.91 Å². The Morgan fingerprint density at radius 2 is 1.71 bits per heavy atom. The highest BCUT2D eigenvalue weighted by Crippen LogP contribution is 2.56. The molecule has 0 spiro atoms. The maximum absolute atomic E-state index is 12.7. The first-order valence-electron chi connectivity index (χ1n) is 7.51. The van der Waals surface area contributed by atoms with Crippen LogP contribution in [0.4, 0.5) is 5.69 Å². The van der Waals surface area contributed by atoms with Crippen molar-refractivity contribution in [3.8, 4) is 0 Å². The van der Waals surface area contributed by atoms with Crippen LogP contribution in [-0.4, -0.2) is 30.0 Å². The van der Waals surface area contributed by atoms with Gasteiger partial charge < -0.3 is 10.4 Å². The third-order valence-corrected chi connectivity index (χ3v) is 6.30.